The van der Waals surface area contributed by atoms with Crippen molar-refractivity contribution < 1.29 is 24.5 Å². The van der Waals surface area contributed by atoms with Gasteiger partial charge >= 0.3 is 0 Å². The second-order valence-electron chi connectivity index (χ2n) is 15.4. The molecular weight excluding hydrogens is 927 g/mol. The van der Waals surface area contributed by atoms with E-state index in [9.17, 15) is 5.26 Å². The van der Waals surface area contributed by atoms with Crippen LogP contribution < -0.4 is 0 Å². The van der Waals surface area contributed by atoms with Gasteiger partial charge in [-0.3, -0.25) is 4.98 Å². The van der Waals surface area contributed by atoms with Crippen LogP contribution >= 0.6 is 0 Å². The average Bonchev–Trinajstić information content (AvgIpc) is 3.88. The van der Waals surface area contributed by atoms with Crippen molar-refractivity contribution in [2.24, 2.45) is 0 Å². The number of nitrogens with zero attached hydrogens (tertiary/aromatic N) is 5. The number of para-hydroxylation sites is 2. The Balaban J connectivity index is 0.000000340. The fourth-order valence-corrected chi connectivity index (χ4v) is 7.78. The Labute approximate surface area is 369 Å². The van der Waals surface area contributed by atoms with E-state index in [2.05, 4.69) is 122 Å². The zero-order valence-electron chi connectivity index (χ0n) is 34.2. The van der Waals surface area contributed by atoms with Gasteiger partial charge in [-0.25, -0.2) is 4.98 Å². The molecule has 0 N–H and O–H groups in total. The number of nitriles is 1. The Morgan fingerprint density at radius 3 is 2.03 bits per heavy atom. The number of hydrogen-bond donors (Lipinski definition) is 0. The molecule has 61 heavy (non-hydrogen) atoms. The summed E-state index contributed by atoms with van der Waals surface area (Å²) in [7, 11) is 0. The first kappa shape index (κ1) is 40.8. The zero-order chi connectivity index (χ0) is 41.2. The van der Waals surface area contributed by atoms with E-state index in [1.54, 1.807) is 18.3 Å². The van der Waals surface area contributed by atoms with E-state index in [-0.39, 0.29) is 31.9 Å². The minimum Gasteiger partial charge on any atom is -0.486 e. The van der Waals surface area contributed by atoms with Crippen molar-refractivity contribution in [2.75, 3.05) is 0 Å². The van der Waals surface area contributed by atoms with Gasteiger partial charge in [-0.2, -0.15) is 5.26 Å². The Kier molecular flexibility index (Phi) is 11.8. The van der Waals surface area contributed by atoms with Crippen LogP contribution in [-0.2, 0) is 20.1 Å². The molecule has 0 aliphatic carbocycles. The number of pyridine rings is 2. The van der Waals surface area contributed by atoms with E-state index >= 15 is 0 Å². The van der Waals surface area contributed by atoms with E-state index in [0.29, 0.717) is 16.9 Å². The van der Waals surface area contributed by atoms with E-state index in [4.69, 9.17) is 14.4 Å². The first-order valence-electron chi connectivity index (χ1n) is 20.2. The maximum absolute atomic E-state index is 9.23. The number of furan rings is 1. The van der Waals surface area contributed by atoms with Gasteiger partial charge in [-0.1, -0.05) is 105 Å². The molecule has 4 aromatic heterocycles. The maximum atomic E-state index is 9.23. The summed E-state index contributed by atoms with van der Waals surface area (Å²) in [4.78, 5) is 14.4. The van der Waals surface area contributed by atoms with Gasteiger partial charge in [0, 0.05) is 42.9 Å². The molecule has 6 aromatic carbocycles. The SMILES string of the molecule is CC(C)c1cc(-c2ccccc2)cc(C(C)C)c1-n1c(-c2[c-]ccc3c2oc2nc(-c4ccc(C#N)cc4)ccc23)nc2ccccc21.[Ir].[c-]1ccccc1-c1ccccn1. The van der Waals surface area contributed by atoms with Crippen LogP contribution in [0.15, 0.2) is 168 Å². The molecule has 10 rings (SSSR count). The van der Waals surface area contributed by atoms with Gasteiger partial charge in [0.15, 0.2) is 0 Å². The number of benzene rings is 6. The van der Waals surface area contributed by atoms with Gasteiger partial charge < -0.3 is 14.0 Å². The third kappa shape index (κ3) is 8.04. The number of hydrogen-bond acceptors (Lipinski definition) is 5. The van der Waals surface area contributed by atoms with Gasteiger partial charge in [-0.05, 0) is 94.4 Å². The van der Waals surface area contributed by atoms with Crippen molar-refractivity contribution in [3.05, 3.63) is 193 Å². The van der Waals surface area contributed by atoms with Crippen molar-refractivity contribution in [1.82, 2.24) is 19.5 Å². The molecule has 0 amide bonds. The van der Waals surface area contributed by atoms with Crippen LogP contribution in [0, 0.1) is 23.5 Å². The first-order chi connectivity index (χ1) is 29.4. The van der Waals surface area contributed by atoms with Gasteiger partial charge in [-0.15, -0.1) is 54.1 Å². The van der Waals surface area contributed by atoms with Crippen molar-refractivity contribution in [3.8, 4) is 56.8 Å². The molecule has 0 saturated heterocycles. The predicted molar refractivity (Wildman–Crippen MR) is 243 cm³/mol. The normalized spacial score (nSPS) is 11.1. The second-order valence-corrected chi connectivity index (χ2v) is 15.4. The van der Waals surface area contributed by atoms with Gasteiger partial charge in [0.2, 0.25) is 5.71 Å². The fraction of sp³-hybridized carbons (Fsp3) is 0.111. The van der Waals surface area contributed by atoms with Crippen molar-refractivity contribution >= 4 is 33.1 Å². The van der Waals surface area contributed by atoms with Crippen LogP contribution in [0.3, 0.4) is 0 Å². The van der Waals surface area contributed by atoms with Crippen molar-refractivity contribution in [3.63, 3.8) is 0 Å². The number of aromatic nitrogens is 4. The molecule has 0 saturated carbocycles. The molecule has 4 heterocycles. The van der Waals surface area contributed by atoms with Crippen LogP contribution in [-0.4, -0.2) is 19.5 Å². The molecule has 6 nitrogen and oxygen atoms in total. The van der Waals surface area contributed by atoms with Crippen LogP contribution in [0.5, 0.6) is 0 Å². The molecule has 7 heteroatoms. The topological polar surface area (TPSA) is 80.5 Å². The van der Waals surface area contributed by atoms with Gasteiger partial charge in [0.25, 0.3) is 0 Å². The second kappa shape index (κ2) is 17.7. The molecule has 0 fully saturated rings. The third-order valence-electron chi connectivity index (χ3n) is 10.8. The zero-order valence-corrected chi connectivity index (χ0v) is 36.6. The summed E-state index contributed by atoms with van der Waals surface area (Å²) in [6.45, 7) is 9.05. The molecule has 1 radical (unpaired) electrons. The number of imidazole rings is 1. The summed E-state index contributed by atoms with van der Waals surface area (Å²) in [5.74, 6) is 1.29. The van der Waals surface area contributed by atoms with Gasteiger partial charge in [0.1, 0.15) is 0 Å². The quantitative estimate of drug-likeness (QED) is 0.149. The molecule has 0 unspecified atom stereocenters. The fourth-order valence-electron chi connectivity index (χ4n) is 7.78. The minimum atomic E-state index is 0. The summed E-state index contributed by atoms with van der Waals surface area (Å²) in [5, 5.41) is 11.1. The Morgan fingerprint density at radius 2 is 1.34 bits per heavy atom. The first-order valence-corrected chi connectivity index (χ1v) is 20.2. The molecule has 0 aliphatic rings. The van der Waals surface area contributed by atoms with Crippen LogP contribution in [0.1, 0.15) is 56.2 Å². The summed E-state index contributed by atoms with van der Waals surface area (Å²) in [6.07, 6.45) is 1.79. The van der Waals surface area contributed by atoms with Crippen LogP contribution in [0.25, 0.3) is 83.8 Å². The minimum absolute atomic E-state index is 0. The number of fused-ring (bicyclic) bond motifs is 4. The van der Waals surface area contributed by atoms with E-state index in [1.807, 2.05) is 78.9 Å². The molecule has 0 bridgehead atoms. The predicted octanol–water partition coefficient (Wildman–Crippen LogP) is 13.8. The molecule has 299 valence electrons. The molecule has 0 spiro atoms. The van der Waals surface area contributed by atoms with Crippen LogP contribution in [0.2, 0.25) is 0 Å². The summed E-state index contributed by atoms with van der Waals surface area (Å²) >= 11 is 0. The summed E-state index contributed by atoms with van der Waals surface area (Å²) in [5.41, 5.74) is 14.4. The molecule has 0 aliphatic heterocycles. The molecule has 0 atom stereocenters. The third-order valence-corrected chi connectivity index (χ3v) is 10.8. The van der Waals surface area contributed by atoms with Gasteiger partial charge in [0.05, 0.1) is 39.8 Å². The Hall–Kier alpha value is -6.97. The van der Waals surface area contributed by atoms with E-state index in [0.717, 1.165) is 61.4 Å². The smallest absolute Gasteiger partial charge is 0.216 e. The monoisotopic (exact) mass is 968 g/mol. The molecule has 10 aromatic rings. The largest absolute Gasteiger partial charge is 0.486 e. The average molecular weight is 968 g/mol. The van der Waals surface area contributed by atoms with E-state index < -0.39 is 0 Å². The van der Waals surface area contributed by atoms with Crippen molar-refractivity contribution in [2.45, 2.75) is 39.5 Å². The van der Waals surface area contributed by atoms with Crippen LogP contribution in [0.4, 0.5) is 0 Å². The Morgan fingerprint density at radius 1 is 0.623 bits per heavy atom. The summed E-state index contributed by atoms with van der Waals surface area (Å²) < 4.78 is 8.94. The molecular formula is C54H41IrN5O-2. The maximum Gasteiger partial charge on any atom is 0.216 e. The van der Waals surface area contributed by atoms with Crippen molar-refractivity contribution in [1.29, 1.82) is 5.26 Å². The van der Waals surface area contributed by atoms with E-state index in [1.165, 1.54) is 22.3 Å². The number of rotatable bonds is 7. The Bertz CT molecular complexity index is 3080. The summed E-state index contributed by atoms with van der Waals surface area (Å²) in [6, 6.07) is 61.7. The standard InChI is InChI=1S/C43H33N4O.C11H8N.Ir/c1-26(2)35-23-31(29-11-6-5-7-12-29)24-36(27(3)4)40(35)47-39-16-9-8-15-38(39)45-42(47)34-14-10-13-32-33-21-22-37(46-43(33)48-41(32)34)30-19-17-28(25-44)18-20-30;1-2-6-10(7-3-1)11-8-4-5-9-12-11;/h5-13,15-24,26-27H,1-4H3;1-6,8-9H;/q2*-1;.